The lowest BCUT2D eigenvalue weighted by Crippen LogP contribution is -2.45. The zero-order chi connectivity index (χ0) is 21.4. The molecule has 31 heavy (non-hydrogen) atoms. The highest BCUT2D eigenvalue weighted by molar-refractivity contribution is 6.14. The highest BCUT2D eigenvalue weighted by atomic mass is 16.5. The maximum absolute atomic E-state index is 13.0. The van der Waals surface area contributed by atoms with Gasteiger partial charge in [0.05, 0.1) is 17.0 Å². The molecular formula is C24H28N4O3. The third kappa shape index (κ3) is 3.68. The Morgan fingerprint density at radius 3 is 2.71 bits per heavy atom. The van der Waals surface area contributed by atoms with Crippen LogP contribution in [-0.4, -0.2) is 68.0 Å². The molecule has 7 heteroatoms. The summed E-state index contributed by atoms with van der Waals surface area (Å²) in [4.78, 5) is 30.4. The van der Waals surface area contributed by atoms with Gasteiger partial charge in [0.25, 0.3) is 0 Å². The van der Waals surface area contributed by atoms with Gasteiger partial charge in [-0.05, 0) is 37.2 Å². The lowest BCUT2D eigenvalue weighted by atomic mass is 9.94. The van der Waals surface area contributed by atoms with Crippen molar-refractivity contribution in [3.05, 3.63) is 54.1 Å². The Hall–Kier alpha value is -2.90. The molecule has 2 unspecified atom stereocenters. The summed E-state index contributed by atoms with van der Waals surface area (Å²) in [5.74, 6) is 0.0815. The van der Waals surface area contributed by atoms with E-state index in [-0.39, 0.29) is 17.7 Å². The van der Waals surface area contributed by atoms with E-state index in [0.717, 1.165) is 44.0 Å². The quantitative estimate of drug-likeness (QED) is 0.749. The van der Waals surface area contributed by atoms with Crippen LogP contribution < -0.4 is 15.4 Å². The van der Waals surface area contributed by atoms with Crippen LogP contribution in [0, 0.1) is 5.92 Å². The molecule has 2 fully saturated rings. The summed E-state index contributed by atoms with van der Waals surface area (Å²) in [6, 6.07) is 15.1. The van der Waals surface area contributed by atoms with E-state index in [1.165, 1.54) is 0 Å². The number of para-hydroxylation sites is 3. The van der Waals surface area contributed by atoms with Crippen molar-refractivity contribution >= 4 is 23.2 Å². The molecule has 2 aliphatic heterocycles. The Labute approximate surface area is 182 Å². The summed E-state index contributed by atoms with van der Waals surface area (Å²) in [5.41, 5.74) is 1.67. The number of carbonyl (C=O) groups excluding carboxylic acids is 2. The standard InChI is InChI=1S/C24H28N4O3/c1-27-10-12-28(13-11-27)14-15-31-21-9-5-4-8-20(21)25-22(29)18-16-24(18)17-6-2-3-7-19(17)26-23(24)30/h2-9,18H,10-16H2,1H3,(H,25,29)(H,26,30). The first kappa shape index (κ1) is 20.0. The molecule has 2 aromatic carbocycles. The van der Waals surface area contributed by atoms with Crippen LogP contribution in [0.1, 0.15) is 12.0 Å². The lowest BCUT2D eigenvalue weighted by Gasteiger charge is -2.32. The summed E-state index contributed by atoms with van der Waals surface area (Å²) < 4.78 is 6.01. The predicted molar refractivity (Wildman–Crippen MR) is 119 cm³/mol. The number of nitrogens with one attached hydrogen (secondary N) is 2. The molecule has 162 valence electrons. The van der Waals surface area contributed by atoms with E-state index in [1.807, 2.05) is 48.5 Å². The maximum Gasteiger partial charge on any atom is 0.235 e. The lowest BCUT2D eigenvalue weighted by molar-refractivity contribution is -0.122. The van der Waals surface area contributed by atoms with Crippen molar-refractivity contribution in [1.82, 2.24) is 9.80 Å². The van der Waals surface area contributed by atoms with Crippen LogP contribution >= 0.6 is 0 Å². The fraction of sp³-hybridized carbons (Fsp3) is 0.417. The average Bonchev–Trinajstić information content (AvgIpc) is 3.47. The van der Waals surface area contributed by atoms with Gasteiger partial charge in [-0.25, -0.2) is 0 Å². The van der Waals surface area contributed by atoms with Crippen LogP contribution in [-0.2, 0) is 15.0 Å². The number of amides is 2. The number of anilines is 2. The largest absolute Gasteiger partial charge is 0.490 e. The second-order valence-electron chi connectivity index (χ2n) is 8.71. The molecular weight excluding hydrogens is 392 g/mol. The maximum atomic E-state index is 13.0. The van der Waals surface area contributed by atoms with Gasteiger partial charge >= 0.3 is 0 Å². The van der Waals surface area contributed by atoms with Gasteiger partial charge in [-0.15, -0.1) is 0 Å². The van der Waals surface area contributed by atoms with Gasteiger partial charge in [0.2, 0.25) is 11.8 Å². The smallest absolute Gasteiger partial charge is 0.235 e. The third-order valence-corrected chi connectivity index (χ3v) is 6.74. The number of piperazine rings is 1. The van der Waals surface area contributed by atoms with Crippen molar-refractivity contribution in [3.63, 3.8) is 0 Å². The topological polar surface area (TPSA) is 73.9 Å². The molecule has 0 radical (unpaired) electrons. The molecule has 2 atom stereocenters. The predicted octanol–water partition coefficient (Wildman–Crippen LogP) is 2.16. The number of likely N-dealkylation sites (N-methyl/N-ethyl adjacent to an activating group) is 1. The van der Waals surface area contributed by atoms with Gasteiger partial charge in [0.1, 0.15) is 12.4 Å². The number of benzene rings is 2. The van der Waals surface area contributed by atoms with E-state index in [9.17, 15) is 9.59 Å². The number of hydrogen-bond acceptors (Lipinski definition) is 5. The summed E-state index contributed by atoms with van der Waals surface area (Å²) >= 11 is 0. The number of fused-ring (bicyclic) bond motifs is 2. The average molecular weight is 421 g/mol. The van der Waals surface area contributed by atoms with Crippen molar-refractivity contribution in [2.75, 3.05) is 57.0 Å². The van der Waals surface area contributed by atoms with Crippen LogP contribution in [0.5, 0.6) is 5.75 Å². The van der Waals surface area contributed by atoms with Gasteiger partial charge in [-0.3, -0.25) is 14.5 Å². The summed E-state index contributed by atoms with van der Waals surface area (Å²) in [5, 5.41) is 5.93. The number of carbonyl (C=O) groups is 2. The molecule has 2 heterocycles. The van der Waals surface area contributed by atoms with Crippen molar-refractivity contribution in [2.45, 2.75) is 11.8 Å². The Balaban J connectivity index is 1.21. The van der Waals surface area contributed by atoms with Gasteiger partial charge in [-0.1, -0.05) is 30.3 Å². The van der Waals surface area contributed by atoms with Gasteiger partial charge in [0, 0.05) is 38.4 Å². The Morgan fingerprint density at radius 2 is 1.87 bits per heavy atom. The highest BCUT2D eigenvalue weighted by Gasteiger charge is 2.67. The number of hydrogen-bond donors (Lipinski definition) is 2. The molecule has 3 aliphatic rings. The van der Waals surface area contributed by atoms with Crippen molar-refractivity contribution < 1.29 is 14.3 Å². The van der Waals surface area contributed by atoms with Crippen molar-refractivity contribution in [2.24, 2.45) is 5.92 Å². The van der Waals surface area contributed by atoms with Crippen LogP contribution in [0.4, 0.5) is 11.4 Å². The van der Waals surface area contributed by atoms with Crippen LogP contribution in [0.25, 0.3) is 0 Å². The first-order valence-corrected chi connectivity index (χ1v) is 10.9. The molecule has 5 rings (SSSR count). The van der Waals surface area contributed by atoms with Crippen LogP contribution in [0.15, 0.2) is 48.5 Å². The monoisotopic (exact) mass is 420 g/mol. The van der Waals surface area contributed by atoms with Crippen LogP contribution in [0.3, 0.4) is 0 Å². The summed E-state index contributed by atoms with van der Waals surface area (Å²) in [7, 11) is 2.14. The summed E-state index contributed by atoms with van der Waals surface area (Å²) in [6.45, 7) is 5.68. The Morgan fingerprint density at radius 1 is 1.13 bits per heavy atom. The molecule has 2 amide bonds. The molecule has 1 aliphatic carbocycles. The number of nitrogens with zero attached hydrogens (tertiary/aromatic N) is 2. The number of ether oxygens (including phenoxy) is 1. The minimum Gasteiger partial charge on any atom is -0.490 e. The molecule has 1 saturated carbocycles. The molecule has 0 aromatic heterocycles. The fourth-order valence-electron chi connectivity index (χ4n) is 4.74. The second kappa shape index (κ2) is 7.98. The number of rotatable bonds is 6. The van der Waals surface area contributed by atoms with Gasteiger partial charge in [0.15, 0.2) is 0 Å². The molecule has 0 bridgehead atoms. The fourth-order valence-corrected chi connectivity index (χ4v) is 4.74. The minimum absolute atomic E-state index is 0.0782. The first-order chi connectivity index (χ1) is 15.1. The van der Waals surface area contributed by atoms with Gasteiger partial charge in [-0.2, -0.15) is 0 Å². The van der Waals surface area contributed by atoms with Crippen molar-refractivity contribution in [3.8, 4) is 5.75 Å². The van der Waals surface area contributed by atoms with E-state index >= 15 is 0 Å². The second-order valence-corrected chi connectivity index (χ2v) is 8.71. The van der Waals surface area contributed by atoms with E-state index < -0.39 is 5.41 Å². The molecule has 2 N–H and O–H groups in total. The third-order valence-electron chi connectivity index (χ3n) is 6.74. The highest BCUT2D eigenvalue weighted by Crippen LogP contribution is 2.60. The Kier molecular flexibility index (Phi) is 5.16. The van der Waals surface area contributed by atoms with E-state index in [0.29, 0.717) is 24.5 Å². The molecule has 2 aromatic rings. The van der Waals surface area contributed by atoms with E-state index in [1.54, 1.807) is 0 Å². The zero-order valence-corrected chi connectivity index (χ0v) is 17.8. The molecule has 1 saturated heterocycles. The molecule has 7 nitrogen and oxygen atoms in total. The van der Waals surface area contributed by atoms with Crippen molar-refractivity contribution in [1.29, 1.82) is 0 Å². The summed E-state index contributed by atoms with van der Waals surface area (Å²) in [6.07, 6.45) is 0.536. The molecule has 1 spiro atoms. The zero-order valence-electron chi connectivity index (χ0n) is 17.8. The van der Waals surface area contributed by atoms with Crippen LogP contribution in [0.2, 0.25) is 0 Å². The normalized spacial score (nSPS) is 25.2. The van der Waals surface area contributed by atoms with E-state index in [2.05, 4.69) is 27.5 Å². The SMILES string of the molecule is CN1CCN(CCOc2ccccc2NC(=O)C2CC23C(=O)Nc2ccccc23)CC1. The first-order valence-electron chi connectivity index (χ1n) is 10.9. The van der Waals surface area contributed by atoms with Gasteiger partial charge < -0.3 is 20.3 Å². The van der Waals surface area contributed by atoms with E-state index in [4.69, 9.17) is 4.74 Å². The Bertz CT molecular complexity index is 1000. The minimum atomic E-state index is -0.724.